The van der Waals surface area contributed by atoms with E-state index >= 15 is 8.78 Å². The predicted molar refractivity (Wildman–Crippen MR) is 173 cm³/mol. The van der Waals surface area contributed by atoms with Gasteiger partial charge in [0.15, 0.2) is 5.82 Å². The van der Waals surface area contributed by atoms with Crippen molar-refractivity contribution in [2.24, 2.45) is 24.0 Å². The Bertz CT molecular complexity index is 2290. The van der Waals surface area contributed by atoms with Crippen molar-refractivity contribution in [3.8, 4) is 11.1 Å². The van der Waals surface area contributed by atoms with E-state index in [-0.39, 0.29) is 41.2 Å². The van der Waals surface area contributed by atoms with Crippen LogP contribution in [0.5, 0.6) is 0 Å². The Morgan fingerprint density at radius 1 is 1.14 bits per heavy atom. The van der Waals surface area contributed by atoms with E-state index in [2.05, 4.69) is 25.2 Å². The Hall–Kier alpha value is -5.00. The molecule has 1 fully saturated rings. The lowest BCUT2D eigenvalue weighted by atomic mass is 9.93. The van der Waals surface area contributed by atoms with Crippen molar-refractivity contribution in [2.45, 2.75) is 44.2 Å². The average molecular weight is 734 g/mol. The van der Waals surface area contributed by atoms with Crippen molar-refractivity contribution in [2.75, 3.05) is 23.3 Å². The Balaban J connectivity index is 1.32. The number of amides is 1. The smallest absolute Gasteiger partial charge is 0.335 e. The number of sulfonamides is 1. The summed E-state index contributed by atoms with van der Waals surface area (Å²) in [5, 5.41) is 11.3. The second-order valence-corrected chi connectivity index (χ2v) is 14.8. The number of hydrogen-bond acceptors (Lipinski definition) is 7. The lowest BCUT2D eigenvalue weighted by molar-refractivity contribution is -0.548. The highest BCUT2D eigenvalue weighted by Crippen LogP contribution is 2.65. The van der Waals surface area contributed by atoms with Crippen molar-refractivity contribution in [3.63, 3.8) is 0 Å². The zero-order chi connectivity index (χ0) is 36.7. The summed E-state index contributed by atoms with van der Waals surface area (Å²) in [6, 6.07) is 6.32. The fraction of sp³-hybridized carbons (Fsp3) is 0.364. The van der Waals surface area contributed by atoms with Crippen molar-refractivity contribution < 1.29 is 44.3 Å². The van der Waals surface area contributed by atoms with Crippen LogP contribution in [0.1, 0.15) is 29.4 Å². The fourth-order valence-corrected chi connectivity index (χ4v) is 7.72. The van der Waals surface area contributed by atoms with Gasteiger partial charge in [0.25, 0.3) is 24.6 Å². The molecule has 1 saturated carbocycles. The van der Waals surface area contributed by atoms with Gasteiger partial charge in [0, 0.05) is 41.1 Å². The molecule has 7 rings (SSSR count). The van der Waals surface area contributed by atoms with Gasteiger partial charge in [0.1, 0.15) is 11.6 Å². The largest absolute Gasteiger partial charge is 0.397 e. The first-order valence-corrected chi connectivity index (χ1v) is 17.7. The first-order chi connectivity index (χ1) is 23.9. The van der Waals surface area contributed by atoms with Crippen molar-refractivity contribution in [1.29, 1.82) is 0 Å². The van der Waals surface area contributed by atoms with Crippen LogP contribution in [0.2, 0.25) is 0 Å². The van der Waals surface area contributed by atoms with E-state index in [1.54, 1.807) is 38.2 Å². The highest BCUT2D eigenvalue weighted by Gasteiger charge is 2.74. The molecule has 4 atom stereocenters. The van der Waals surface area contributed by atoms with Crippen LogP contribution >= 0.6 is 0 Å². The van der Waals surface area contributed by atoms with E-state index < -0.39 is 76.1 Å². The molecule has 0 radical (unpaired) electrons. The number of hydrogen-bond donors (Lipinski definition) is 3. The molecule has 3 heterocycles. The minimum absolute atomic E-state index is 0.0398. The number of azo groups is 2. The van der Waals surface area contributed by atoms with Crippen molar-refractivity contribution in [1.82, 2.24) is 20.1 Å². The third-order valence-electron chi connectivity index (χ3n) is 9.36. The molecule has 268 valence electrons. The van der Waals surface area contributed by atoms with Gasteiger partial charge in [-0.3, -0.25) is 19.2 Å². The molecule has 1 aliphatic heterocycles. The van der Waals surface area contributed by atoms with E-state index in [1.165, 1.54) is 4.68 Å². The maximum atomic E-state index is 15.3. The maximum absolute atomic E-state index is 15.3. The third kappa shape index (κ3) is 6.18. The molecule has 0 saturated heterocycles. The Morgan fingerprint density at radius 3 is 2.51 bits per heavy atom. The number of rotatable bonds is 10. The lowest BCUT2D eigenvalue weighted by Gasteiger charge is -2.23. The number of pyridine rings is 1. The molecule has 4 N–H and O–H groups in total. The normalized spacial score (nSPS) is 21.1. The Kier molecular flexibility index (Phi) is 8.14. The van der Waals surface area contributed by atoms with Gasteiger partial charge in [-0.05, 0) is 60.6 Å². The number of allylic oxidation sites excluding steroid dienone is 1. The number of carbonyl (C=O) groups is 1. The van der Waals surface area contributed by atoms with Gasteiger partial charge >= 0.3 is 5.92 Å². The second kappa shape index (κ2) is 12.1. The monoisotopic (exact) mass is 733 g/mol. The number of aryl methyl sites for hydroxylation is 2. The fourth-order valence-electron chi connectivity index (χ4n) is 7.22. The van der Waals surface area contributed by atoms with Crippen LogP contribution in [0.25, 0.3) is 22.0 Å². The van der Waals surface area contributed by atoms with Crippen LogP contribution in [0, 0.1) is 30.4 Å². The third-order valence-corrected chi connectivity index (χ3v) is 9.93. The van der Waals surface area contributed by atoms with Gasteiger partial charge in [-0.2, -0.15) is 13.9 Å². The SMILES string of the molecule is Cc1nc([C@H](Cc2cc(F)cc(F)c2)NC(=O)C[N+]2=NC(C(F)F)C3=C2C(F)(F)[C@@H]2C[C@H]32)c(-c2cccc3c(NS(C)(=O)=O)nn(C)c23)cc1N. The summed E-state index contributed by atoms with van der Waals surface area (Å²) < 4.78 is 116. The van der Waals surface area contributed by atoms with E-state index in [9.17, 15) is 30.8 Å². The average Bonchev–Trinajstić information content (AvgIpc) is 3.57. The Labute approximate surface area is 287 Å². The summed E-state index contributed by atoms with van der Waals surface area (Å²) in [5.74, 6) is -7.93. The summed E-state index contributed by atoms with van der Waals surface area (Å²) in [4.78, 5) is 18.4. The first-order valence-electron chi connectivity index (χ1n) is 15.8. The molecule has 0 spiro atoms. The molecule has 1 amide bonds. The molecule has 51 heavy (non-hydrogen) atoms. The highest BCUT2D eigenvalue weighted by atomic mass is 32.2. The summed E-state index contributed by atoms with van der Waals surface area (Å²) in [5.41, 5.74) is 7.51. The van der Waals surface area contributed by atoms with Crippen LogP contribution in [0.3, 0.4) is 0 Å². The number of alkyl halides is 4. The number of nitrogen functional groups attached to an aromatic ring is 1. The Morgan fingerprint density at radius 2 is 1.84 bits per heavy atom. The van der Waals surface area contributed by atoms with Gasteiger partial charge < -0.3 is 11.1 Å². The quantitative estimate of drug-likeness (QED) is 0.150. The van der Waals surface area contributed by atoms with Gasteiger partial charge in [-0.1, -0.05) is 16.8 Å². The minimum Gasteiger partial charge on any atom is -0.397 e. The topological polar surface area (TPSA) is 147 Å². The van der Waals surface area contributed by atoms with Crippen molar-refractivity contribution >= 4 is 38.3 Å². The van der Waals surface area contributed by atoms with Gasteiger partial charge in [-0.15, -0.1) is 0 Å². The number of fused-ring (bicyclic) bond motifs is 3. The van der Waals surface area contributed by atoms with Gasteiger partial charge in [0.05, 0.1) is 34.9 Å². The number of benzene rings is 2. The van der Waals surface area contributed by atoms with E-state index in [1.807, 2.05) is 0 Å². The maximum Gasteiger partial charge on any atom is 0.335 e. The van der Waals surface area contributed by atoms with Crippen LogP contribution in [0.4, 0.5) is 37.8 Å². The predicted octanol–water partition coefficient (Wildman–Crippen LogP) is 5.23. The van der Waals surface area contributed by atoms with E-state index in [0.717, 1.165) is 18.4 Å². The van der Waals surface area contributed by atoms with E-state index in [4.69, 9.17) is 5.73 Å². The lowest BCUT2D eigenvalue weighted by Crippen LogP contribution is -2.38. The summed E-state index contributed by atoms with van der Waals surface area (Å²) in [6.07, 6.45) is -2.27. The number of halogens is 6. The molecule has 4 aromatic rings. The van der Waals surface area contributed by atoms with Crippen LogP contribution < -0.4 is 15.8 Å². The van der Waals surface area contributed by atoms with E-state index in [0.29, 0.717) is 38.5 Å². The van der Waals surface area contributed by atoms with Crippen LogP contribution in [-0.4, -0.2) is 65.0 Å². The molecule has 3 aliphatic rings. The molecule has 11 nitrogen and oxygen atoms in total. The number of nitrogens with one attached hydrogen (secondary N) is 2. The summed E-state index contributed by atoms with van der Waals surface area (Å²) >= 11 is 0. The number of nitrogens with two attached hydrogens (primary N) is 1. The summed E-state index contributed by atoms with van der Waals surface area (Å²) in [6.45, 7) is 0.753. The molecule has 1 unspecified atom stereocenters. The van der Waals surface area contributed by atoms with Crippen molar-refractivity contribution in [3.05, 3.63) is 82.3 Å². The molecule has 18 heteroatoms. The zero-order valence-electron chi connectivity index (χ0n) is 27.3. The van der Waals surface area contributed by atoms with Crippen LogP contribution in [-0.2, 0) is 28.3 Å². The summed E-state index contributed by atoms with van der Waals surface area (Å²) in [7, 11) is -2.14. The van der Waals surface area contributed by atoms with Gasteiger partial charge in [-0.25, -0.2) is 26.0 Å². The molecule has 2 aromatic heterocycles. The van der Waals surface area contributed by atoms with Crippen LogP contribution in [0.15, 0.2) is 58.8 Å². The number of carbonyl (C=O) groups excluding carboxylic acids is 1. The number of anilines is 2. The molecular formula is C33H31F6N8O3S+. The second-order valence-electron chi connectivity index (χ2n) is 13.1. The molecular weight excluding hydrogens is 702 g/mol. The molecule has 0 bridgehead atoms. The highest BCUT2D eigenvalue weighted by molar-refractivity contribution is 7.92. The van der Waals surface area contributed by atoms with Gasteiger partial charge in [0.2, 0.25) is 16.1 Å². The molecule has 2 aromatic carbocycles. The number of aromatic nitrogens is 3. The molecule has 2 aliphatic carbocycles. The first kappa shape index (κ1) is 34.4. The standard InChI is InChI=1S/C33H30F6N8O3S/c1-14-23(40)12-20(18-5-4-6-19-29(18)46(2)44-32(19)45-51(3,49)50)27(41-14)24(9-15-7-16(34)10-17(35)8-15)42-25(48)13-47-30-26(28(43-47)31(36)37)21-11-22(21)33(30,38)39/h4-8,10,12,21-22,24,28,31H,9,11,13,40H2,1-3H3,(H-,42,44,45,48)/p+1/t21-,22+,24-,28?/m0/s1. The zero-order valence-corrected chi connectivity index (χ0v) is 28.1. The number of nitrogens with zero attached hydrogens (tertiary/aromatic N) is 5. The number of para-hydroxylation sites is 1. The minimum atomic E-state index is -3.72.